The van der Waals surface area contributed by atoms with Crippen LogP contribution in [0.3, 0.4) is 0 Å². The van der Waals surface area contributed by atoms with Crippen LogP contribution in [-0.2, 0) is 48.7 Å². The Morgan fingerprint density at radius 1 is 0.758 bits per heavy atom. The van der Waals surface area contributed by atoms with E-state index < -0.39 is 11.1 Å². The summed E-state index contributed by atoms with van der Waals surface area (Å²) in [5, 5.41) is 0. The zero-order valence-electron chi connectivity index (χ0n) is 38.6. The van der Waals surface area contributed by atoms with Gasteiger partial charge in [0.1, 0.15) is 17.3 Å². The van der Waals surface area contributed by atoms with Crippen molar-refractivity contribution >= 4 is 23.1 Å². The molecule has 1 aliphatic carbocycles. The van der Waals surface area contributed by atoms with Crippen molar-refractivity contribution in [3.8, 4) is 22.6 Å². The largest absolute Gasteiger partial charge is 2.00 e. The molecule has 62 heavy (non-hydrogen) atoms. The Labute approximate surface area is 384 Å². The summed E-state index contributed by atoms with van der Waals surface area (Å²) in [7, 11) is 0. The molecule has 0 spiro atoms. The van der Waals surface area contributed by atoms with Crippen LogP contribution in [0.4, 0.5) is 17.2 Å². The van der Waals surface area contributed by atoms with E-state index in [1.165, 1.54) is 50.1 Å². The summed E-state index contributed by atoms with van der Waals surface area (Å²) in [6.07, 6.45) is 2.74. The number of aliphatic imine (C=N–C) groups is 1. The SMILES string of the molecule is Cc1ccc2c(c1C)C[C@@]1(C)N=C(c3[c-]c(Oc4[c-]c5c(cc4)C(C)(C)c4ccccc4N5c4cc(C(C)(C)C)ccn4)cc(-c4c(C(C)C)cccc4C(C)C)c3)O[C@@]21C.[Pt+2]. The molecule has 0 saturated carbocycles. The van der Waals surface area contributed by atoms with Crippen LogP contribution in [0.1, 0.15) is 144 Å². The number of hydrogen-bond donors (Lipinski definition) is 0. The molecular formula is C56H59N3O2Pt. The minimum absolute atomic E-state index is 0. The quantitative estimate of drug-likeness (QED) is 0.150. The predicted molar refractivity (Wildman–Crippen MR) is 251 cm³/mol. The fourth-order valence-corrected chi connectivity index (χ4v) is 9.99. The number of pyridine rings is 1. The number of rotatable bonds is 7. The molecule has 5 aromatic carbocycles. The van der Waals surface area contributed by atoms with Gasteiger partial charge >= 0.3 is 21.1 Å². The molecule has 0 saturated heterocycles. The smallest absolute Gasteiger partial charge is 0.508 e. The first-order valence-corrected chi connectivity index (χ1v) is 22.0. The molecule has 9 rings (SSSR count). The third-order valence-electron chi connectivity index (χ3n) is 14.0. The van der Waals surface area contributed by atoms with Gasteiger partial charge in [0.25, 0.3) is 0 Å². The van der Waals surface area contributed by atoms with Crippen LogP contribution in [0.5, 0.6) is 11.5 Å². The van der Waals surface area contributed by atoms with Crippen molar-refractivity contribution in [2.75, 3.05) is 4.90 Å². The molecule has 0 amide bonds. The van der Waals surface area contributed by atoms with Gasteiger partial charge in [0, 0.05) is 35.4 Å². The second-order valence-corrected chi connectivity index (χ2v) is 20.1. The van der Waals surface area contributed by atoms with Crippen molar-refractivity contribution in [3.63, 3.8) is 0 Å². The summed E-state index contributed by atoms with van der Waals surface area (Å²) in [6, 6.07) is 40.2. The van der Waals surface area contributed by atoms with E-state index in [0.29, 0.717) is 29.2 Å². The number of aromatic nitrogens is 1. The standard InChI is InChI=1S/C56H59N3O2.Pt/c1-33(2)42-17-16-18-43(34(3)4)51(42)37-27-38(52-58-55(12)32-44-36(6)35(5)21-23-45(44)56(55,13)61-52)29-41(28-37)60-40-22-24-47-49(31-40)59(48-20-15-14-19-46(48)54(47,10)11)50-30-39(25-26-57-50)53(7,8)9;/h14-28,30,33-34H,32H2,1-13H3;/q-2;+2/t55-,56+;/m1./s1. The Morgan fingerprint density at radius 2 is 1.45 bits per heavy atom. The van der Waals surface area contributed by atoms with Gasteiger partial charge in [-0.15, -0.1) is 23.8 Å². The number of nitrogens with zero attached hydrogens (tertiary/aromatic N) is 3. The van der Waals surface area contributed by atoms with Crippen LogP contribution in [0.2, 0.25) is 0 Å². The summed E-state index contributed by atoms with van der Waals surface area (Å²) in [6.45, 7) is 29.2. The molecule has 3 heterocycles. The minimum Gasteiger partial charge on any atom is -0.508 e. The average molecular weight is 1000 g/mol. The maximum Gasteiger partial charge on any atom is 2.00 e. The third kappa shape index (κ3) is 6.94. The van der Waals surface area contributed by atoms with E-state index in [4.69, 9.17) is 19.5 Å². The minimum atomic E-state index is -0.614. The van der Waals surface area contributed by atoms with Crippen LogP contribution in [0.15, 0.2) is 102 Å². The average Bonchev–Trinajstić information content (AvgIpc) is 3.61. The molecular weight excluding hydrogens is 942 g/mol. The van der Waals surface area contributed by atoms with Crippen molar-refractivity contribution in [3.05, 3.63) is 165 Å². The fourth-order valence-electron chi connectivity index (χ4n) is 9.99. The van der Waals surface area contributed by atoms with Gasteiger partial charge in [-0.25, -0.2) is 4.98 Å². The zero-order chi connectivity index (χ0) is 43.4. The Hall–Kier alpha value is -4.99. The summed E-state index contributed by atoms with van der Waals surface area (Å²) in [5.74, 6) is 3.24. The molecule has 5 nitrogen and oxygen atoms in total. The maximum atomic E-state index is 7.10. The monoisotopic (exact) mass is 1000 g/mol. The normalized spacial score (nSPS) is 19.6. The Morgan fingerprint density at radius 3 is 2.15 bits per heavy atom. The van der Waals surface area contributed by atoms with Crippen molar-refractivity contribution in [1.82, 2.24) is 4.98 Å². The molecule has 0 radical (unpaired) electrons. The molecule has 1 aromatic heterocycles. The number of anilines is 3. The number of aryl methyl sites for hydroxylation is 1. The first kappa shape index (κ1) is 43.6. The molecule has 0 bridgehead atoms. The summed E-state index contributed by atoms with van der Waals surface area (Å²) >= 11 is 0. The van der Waals surface area contributed by atoms with Crippen LogP contribution < -0.4 is 9.64 Å². The Bertz CT molecular complexity index is 2750. The molecule has 0 fully saturated rings. The molecule has 0 N–H and O–H groups in total. The molecule has 2 aliphatic heterocycles. The molecule has 2 atom stereocenters. The van der Waals surface area contributed by atoms with Crippen LogP contribution >= 0.6 is 0 Å². The van der Waals surface area contributed by atoms with E-state index in [1.54, 1.807) is 0 Å². The van der Waals surface area contributed by atoms with E-state index in [1.807, 2.05) is 12.3 Å². The van der Waals surface area contributed by atoms with Gasteiger partial charge in [0.2, 0.25) is 0 Å². The van der Waals surface area contributed by atoms with E-state index in [9.17, 15) is 0 Å². The van der Waals surface area contributed by atoms with Gasteiger partial charge in [-0.3, -0.25) is 4.99 Å². The van der Waals surface area contributed by atoms with Crippen LogP contribution in [-0.4, -0.2) is 16.4 Å². The van der Waals surface area contributed by atoms with Gasteiger partial charge < -0.3 is 14.4 Å². The third-order valence-corrected chi connectivity index (χ3v) is 14.0. The first-order valence-electron chi connectivity index (χ1n) is 22.0. The topological polar surface area (TPSA) is 47.0 Å². The summed E-state index contributed by atoms with van der Waals surface area (Å²) in [5.41, 5.74) is 15.0. The fraction of sp³-hybridized carbons (Fsp3) is 0.357. The summed E-state index contributed by atoms with van der Waals surface area (Å²) in [4.78, 5) is 12.7. The van der Waals surface area contributed by atoms with Crippen LogP contribution in [0, 0.1) is 26.0 Å². The van der Waals surface area contributed by atoms with Gasteiger partial charge in [0.05, 0.1) is 5.54 Å². The Kier molecular flexibility index (Phi) is 10.8. The van der Waals surface area contributed by atoms with E-state index >= 15 is 0 Å². The molecule has 0 unspecified atom stereocenters. The van der Waals surface area contributed by atoms with Crippen LogP contribution in [0.25, 0.3) is 11.1 Å². The number of ether oxygens (including phenoxy) is 2. The van der Waals surface area contributed by atoms with E-state index in [0.717, 1.165) is 40.3 Å². The maximum absolute atomic E-state index is 7.10. The number of benzene rings is 5. The molecule has 320 valence electrons. The zero-order valence-corrected chi connectivity index (χ0v) is 40.8. The number of para-hydroxylation sites is 1. The van der Waals surface area contributed by atoms with Gasteiger partial charge in [-0.2, -0.15) is 6.07 Å². The second-order valence-electron chi connectivity index (χ2n) is 20.1. The predicted octanol–water partition coefficient (Wildman–Crippen LogP) is 14.4. The number of fused-ring (bicyclic) bond motifs is 5. The molecule has 6 heteroatoms. The van der Waals surface area contributed by atoms with E-state index in [-0.39, 0.29) is 31.9 Å². The van der Waals surface area contributed by atoms with Crippen molar-refractivity contribution in [2.45, 2.75) is 130 Å². The first-order chi connectivity index (χ1) is 28.8. The van der Waals surface area contributed by atoms with Crippen molar-refractivity contribution in [1.29, 1.82) is 0 Å². The number of hydrogen-bond acceptors (Lipinski definition) is 5. The van der Waals surface area contributed by atoms with Gasteiger partial charge in [0.15, 0.2) is 0 Å². The van der Waals surface area contributed by atoms with Gasteiger partial charge in [-0.05, 0) is 113 Å². The molecule has 3 aliphatic rings. The van der Waals surface area contributed by atoms with Gasteiger partial charge in [-0.1, -0.05) is 140 Å². The van der Waals surface area contributed by atoms with E-state index in [2.05, 4.69) is 192 Å². The van der Waals surface area contributed by atoms with Crippen molar-refractivity contribution in [2.24, 2.45) is 4.99 Å². The molecule has 6 aromatic rings. The van der Waals surface area contributed by atoms with Crippen molar-refractivity contribution < 1.29 is 30.5 Å². The second kappa shape index (κ2) is 15.4. The Balaban J connectivity index is 0.00000529. The summed E-state index contributed by atoms with van der Waals surface area (Å²) < 4.78 is 14.1.